The molecule has 0 aliphatic carbocycles. The Balaban J connectivity index is 1.86. The minimum atomic E-state index is 0.312. The van der Waals surface area contributed by atoms with Gasteiger partial charge in [0.1, 0.15) is 12.1 Å². The molecule has 1 fully saturated rings. The monoisotopic (exact) mass is 259 g/mol. The average molecular weight is 259 g/mol. The number of aromatic nitrogens is 4. The van der Waals surface area contributed by atoms with Crippen molar-refractivity contribution >= 4 is 5.82 Å². The lowest BCUT2D eigenvalue weighted by Crippen LogP contribution is -2.24. The first-order chi connectivity index (χ1) is 9.38. The standard InChI is InChI=1S/C13H17N5O/c1-2-19-13-8-12(14-9-15-13)18-7-3-4-11(18)10-5-6-16-17-10/h5-6,8-9,11H,2-4,7H2,1H3,(H,16,17). The number of anilines is 1. The predicted octanol–water partition coefficient (Wildman–Crippen LogP) is 1.94. The van der Waals surface area contributed by atoms with Gasteiger partial charge in [0.2, 0.25) is 5.88 Å². The third-order valence-corrected chi connectivity index (χ3v) is 3.35. The van der Waals surface area contributed by atoms with E-state index in [0.29, 0.717) is 18.5 Å². The second kappa shape index (κ2) is 5.26. The quantitative estimate of drug-likeness (QED) is 0.908. The highest BCUT2D eigenvalue weighted by Gasteiger charge is 2.28. The maximum atomic E-state index is 5.43. The molecule has 19 heavy (non-hydrogen) atoms. The van der Waals surface area contributed by atoms with Crippen molar-refractivity contribution in [3.8, 4) is 5.88 Å². The van der Waals surface area contributed by atoms with Crippen LogP contribution in [0.3, 0.4) is 0 Å². The molecule has 1 N–H and O–H groups in total. The molecule has 1 saturated heterocycles. The van der Waals surface area contributed by atoms with Crippen molar-refractivity contribution < 1.29 is 4.74 Å². The lowest BCUT2D eigenvalue weighted by Gasteiger charge is -2.24. The van der Waals surface area contributed by atoms with Crippen LogP contribution in [-0.2, 0) is 0 Å². The number of nitrogens with zero attached hydrogens (tertiary/aromatic N) is 4. The fourth-order valence-electron chi connectivity index (χ4n) is 2.53. The molecule has 3 heterocycles. The van der Waals surface area contributed by atoms with Crippen LogP contribution in [0.5, 0.6) is 5.88 Å². The largest absolute Gasteiger partial charge is 0.478 e. The minimum absolute atomic E-state index is 0.312. The Morgan fingerprint density at radius 2 is 2.42 bits per heavy atom. The van der Waals surface area contributed by atoms with E-state index in [1.807, 2.05) is 19.1 Å². The number of nitrogens with one attached hydrogen (secondary N) is 1. The first-order valence-electron chi connectivity index (χ1n) is 6.59. The van der Waals surface area contributed by atoms with Gasteiger partial charge in [-0.2, -0.15) is 5.10 Å². The fraction of sp³-hybridized carbons (Fsp3) is 0.462. The summed E-state index contributed by atoms with van der Waals surface area (Å²) in [4.78, 5) is 10.7. The van der Waals surface area contributed by atoms with Crippen molar-refractivity contribution in [1.29, 1.82) is 0 Å². The fourth-order valence-corrected chi connectivity index (χ4v) is 2.53. The molecule has 1 aliphatic heterocycles. The zero-order valence-corrected chi connectivity index (χ0v) is 10.9. The van der Waals surface area contributed by atoms with Gasteiger partial charge < -0.3 is 9.64 Å². The Labute approximate surface area is 111 Å². The van der Waals surface area contributed by atoms with Crippen LogP contribution in [0.2, 0.25) is 0 Å². The molecular weight excluding hydrogens is 242 g/mol. The van der Waals surface area contributed by atoms with E-state index in [4.69, 9.17) is 4.74 Å². The minimum Gasteiger partial charge on any atom is -0.478 e. The molecule has 2 aromatic rings. The summed E-state index contributed by atoms with van der Waals surface area (Å²) in [7, 11) is 0. The lowest BCUT2D eigenvalue weighted by molar-refractivity contribution is 0.326. The van der Waals surface area contributed by atoms with Crippen molar-refractivity contribution in [2.24, 2.45) is 0 Å². The number of rotatable bonds is 4. The van der Waals surface area contributed by atoms with Crippen molar-refractivity contribution in [2.45, 2.75) is 25.8 Å². The molecule has 2 aromatic heterocycles. The van der Waals surface area contributed by atoms with Crippen molar-refractivity contribution in [1.82, 2.24) is 20.2 Å². The van der Waals surface area contributed by atoms with E-state index >= 15 is 0 Å². The topological polar surface area (TPSA) is 66.9 Å². The number of ether oxygens (including phenoxy) is 1. The summed E-state index contributed by atoms with van der Waals surface area (Å²) in [6.07, 6.45) is 5.61. The molecular formula is C13H17N5O. The van der Waals surface area contributed by atoms with Crippen LogP contribution in [0.25, 0.3) is 0 Å². The van der Waals surface area contributed by atoms with Gasteiger partial charge in [0.15, 0.2) is 0 Å². The summed E-state index contributed by atoms with van der Waals surface area (Å²) in [5, 5.41) is 7.09. The molecule has 0 bridgehead atoms. The number of aromatic amines is 1. The molecule has 0 radical (unpaired) electrons. The van der Waals surface area contributed by atoms with E-state index in [-0.39, 0.29) is 0 Å². The highest BCUT2D eigenvalue weighted by molar-refractivity contribution is 5.44. The van der Waals surface area contributed by atoms with Crippen LogP contribution in [0.1, 0.15) is 31.5 Å². The van der Waals surface area contributed by atoms with Gasteiger partial charge in [-0.25, -0.2) is 9.97 Å². The molecule has 6 heteroatoms. The van der Waals surface area contributed by atoms with Crippen LogP contribution >= 0.6 is 0 Å². The maximum absolute atomic E-state index is 5.43. The zero-order chi connectivity index (χ0) is 13.1. The maximum Gasteiger partial charge on any atom is 0.218 e. The Bertz CT molecular complexity index is 528. The SMILES string of the molecule is CCOc1cc(N2CCCC2c2ccn[nH]2)ncn1. The highest BCUT2D eigenvalue weighted by Crippen LogP contribution is 2.34. The second-order valence-electron chi connectivity index (χ2n) is 4.51. The van der Waals surface area contributed by atoms with Crippen molar-refractivity contribution in [2.75, 3.05) is 18.1 Å². The van der Waals surface area contributed by atoms with Crippen LogP contribution in [-0.4, -0.2) is 33.3 Å². The van der Waals surface area contributed by atoms with E-state index < -0.39 is 0 Å². The first-order valence-corrected chi connectivity index (χ1v) is 6.59. The van der Waals surface area contributed by atoms with Crippen LogP contribution in [0.15, 0.2) is 24.7 Å². The number of hydrogen-bond donors (Lipinski definition) is 1. The Morgan fingerprint density at radius 3 is 3.21 bits per heavy atom. The average Bonchev–Trinajstić information content (AvgIpc) is 3.10. The van der Waals surface area contributed by atoms with E-state index in [1.54, 1.807) is 12.5 Å². The van der Waals surface area contributed by atoms with E-state index in [9.17, 15) is 0 Å². The Hall–Kier alpha value is -2.11. The Morgan fingerprint density at radius 1 is 1.47 bits per heavy atom. The normalized spacial score (nSPS) is 18.8. The molecule has 1 atom stereocenters. The summed E-state index contributed by atoms with van der Waals surface area (Å²) in [5.41, 5.74) is 1.13. The van der Waals surface area contributed by atoms with Gasteiger partial charge >= 0.3 is 0 Å². The summed E-state index contributed by atoms with van der Waals surface area (Å²) >= 11 is 0. The highest BCUT2D eigenvalue weighted by atomic mass is 16.5. The van der Waals surface area contributed by atoms with Crippen molar-refractivity contribution in [3.63, 3.8) is 0 Å². The molecule has 0 spiro atoms. The van der Waals surface area contributed by atoms with Crippen molar-refractivity contribution in [3.05, 3.63) is 30.4 Å². The molecule has 3 rings (SSSR count). The second-order valence-corrected chi connectivity index (χ2v) is 4.51. The van der Waals surface area contributed by atoms with Gasteiger partial charge in [0, 0.05) is 18.8 Å². The van der Waals surface area contributed by atoms with E-state index in [0.717, 1.165) is 30.9 Å². The summed E-state index contributed by atoms with van der Waals surface area (Å²) in [6, 6.07) is 4.23. The molecule has 0 amide bonds. The van der Waals surface area contributed by atoms with Gasteiger partial charge in [-0.05, 0) is 25.8 Å². The predicted molar refractivity (Wildman–Crippen MR) is 71.1 cm³/mol. The van der Waals surface area contributed by atoms with E-state index in [1.165, 1.54) is 0 Å². The molecule has 100 valence electrons. The third kappa shape index (κ3) is 2.38. The smallest absolute Gasteiger partial charge is 0.218 e. The third-order valence-electron chi connectivity index (χ3n) is 3.35. The molecule has 1 aliphatic rings. The zero-order valence-electron chi connectivity index (χ0n) is 10.9. The van der Waals surface area contributed by atoms with Gasteiger partial charge in [0.25, 0.3) is 0 Å². The molecule has 1 unspecified atom stereocenters. The van der Waals surface area contributed by atoms with Gasteiger partial charge in [-0.3, -0.25) is 5.10 Å². The summed E-state index contributed by atoms with van der Waals surface area (Å²) in [6.45, 7) is 3.55. The van der Waals surface area contributed by atoms with Crippen LogP contribution in [0, 0.1) is 0 Å². The van der Waals surface area contributed by atoms with Gasteiger partial charge in [-0.1, -0.05) is 0 Å². The molecule has 0 saturated carbocycles. The van der Waals surface area contributed by atoms with Gasteiger partial charge in [0.05, 0.1) is 18.3 Å². The Kier molecular flexibility index (Phi) is 3.31. The van der Waals surface area contributed by atoms with Crippen LogP contribution < -0.4 is 9.64 Å². The molecule has 0 aromatic carbocycles. The van der Waals surface area contributed by atoms with Gasteiger partial charge in [-0.15, -0.1) is 0 Å². The van der Waals surface area contributed by atoms with E-state index in [2.05, 4.69) is 25.1 Å². The van der Waals surface area contributed by atoms with Crippen LogP contribution in [0.4, 0.5) is 5.82 Å². The lowest BCUT2D eigenvalue weighted by atomic mass is 10.1. The summed E-state index contributed by atoms with van der Waals surface area (Å²) in [5.74, 6) is 1.54. The first kappa shape index (κ1) is 12.0. The molecule has 6 nitrogen and oxygen atoms in total. The summed E-state index contributed by atoms with van der Waals surface area (Å²) < 4.78 is 5.43. The number of H-pyrrole nitrogens is 1. The number of hydrogen-bond acceptors (Lipinski definition) is 5.